The molecule has 0 fully saturated rings. The summed E-state index contributed by atoms with van der Waals surface area (Å²) in [7, 11) is -12.8. The molecule has 3 N–H and O–H groups in total. The molecular formula is C81H102F3N9O12S3. The number of rotatable bonds is 31. The van der Waals surface area contributed by atoms with Crippen molar-refractivity contribution in [2.24, 2.45) is 15.0 Å². The highest BCUT2D eigenvalue weighted by Crippen LogP contribution is 2.36. The van der Waals surface area contributed by atoms with E-state index in [4.69, 9.17) is 0 Å². The average molecular weight is 1550 g/mol. The maximum atomic E-state index is 13.3. The van der Waals surface area contributed by atoms with Gasteiger partial charge >= 0.3 is 12.1 Å². The molecule has 0 atom stereocenters. The summed E-state index contributed by atoms with van der Waals surface area (Å²) in [5, 5.41) is 0. The summed E-state index contributed by atoms with van der Waals surface area (Å²) in [5.41, 5.74) is 5.23. The first-order valence-corrected chi connectivity index (χ1v) is 41.3. The molecule has 0 spiro atoms. The van der Waals surface area contributed by atoms with Crippen LogP contribution in [0.5, 0.6) is 0 Å². The fourth-order valence-electron chi connectivity index (χ4n) is 12.7. The van der Waals surface area contributed by atoms with Gasteiger partial charge in [0, 0.05) is 48.8 Å². The van der Waals surface area contributed by atoms with Crippen LogP contribution in [0.3, 0.4) is 0 Å². The molecular weight excluding hydrogens is 1440 g/mol. The molecule has 6 aromatic rings. The van der Waals surface area contributed by atoms with Crippen molar-refractivity contribution in [1.82, 2.24) is 28.9 Å². The number of benzene rings is 6. The summed E-state index contributed by atoms with van der Waals surface area (Å²) in [6.45, 7) is 26.1. The van der Waals surface area contributed by atoms with Gasteiger partial charge in [-0.05, 0) is 150 Å². The number of unbranched alkanes of at least 4 members (excludes halogenated alkanes) is 4. The third kappa shape index (κ3) is 22.0. The van der Waals surface area contributed by atoms with Crippen LogP contribution in [0.1, 0.15) is 207 Å². The number of nitrogens with zero attached hydrogens (tertiary/aromatic N) is 6. The molecule has 3 aliphatic heterocycles. The van der Waals surface area contributed by atoms with Gasteiger partial charge in [0.15, 0.2) is 0 Å². The number of amides is 6. The van der Waals surface area contributed by atoms with Crippen LogP contribution in [-0.4, -0.2) is 116 Å². The standard InChI is InChI=1S/C30H41N3O4S.C28H37N3O4S.C23H24F3N3O4S/c1-6-9-10-13-28(34)32-38(36,37)26-20-22(11-7-2)16-19-25(26)24-17-14-23(15-18-24)21-33-27(12-8-3)31-30(4,5)29(33)35;1-6-8-9-15-26(32)30-36(34,35)24-14-11-10-13-23(24)21-16-17-22(20(3)18-21)19-31-25(12-7-2)29-28(4,5)27(31)33;1-4-7-19-27-22(2,3)21(31)29(19)14-15-10-12-16(13-11-15)17-8-5-6-9-18(17)34(32,33)28-20(30)23(24,25)26/h14-20H,6-13,21H2,1-5H3,(H,32,34);10-11,13-14,16-18H,6-9,12,15,19H2,1-5H3,(H,30,32);5-6,8-13H,4,7,14H2,1-3H3,(H,28,30). The summed E-state index contributed by atoms with van der Waals surface area (Å²) in [6, 6.07) is 37.4. The monoisotopic (exact) mass is 1550 g/mol. The van der Waals surface area contributed by atoms with Gasteiger partial charge in [-0.1, -0.05) is 189 Å². The van der Waals surface area contributed by atoms with E-state index in [0.29, 0.717) is 54.9 Å². The van der Waals surface area contributed by atoms with Crippen LogP contribution in [0, 0.1) is 6.92 Å². The van der Waals surface area contributed by atoms with Crippen molar-refractivity contribution < 1.29 is 67.2 Å². The first-order valence-electron chi connectivity index (χ1n) is 36.8. The molecule has 108 heavy (non-hydrogen) atoms. The second-order valence-corrected chi connectivity index (χ2v) is 33.6. The zero-order valence-corrected chi connectivity index (χ0v) is 66.5. The van der Waals surface area contributed by atoms with E-state index < -0.39 is 75.5 Å². The predicted molar refractivity (Wildman–Crippen MR) is 416 cm³/mol. The largest absolute Gasteiger partial charge is 0.472 e. The molecule has 582 valence electrons. The summed E-state index contributed by atoms with van der Waals surface area (Å²) in [5.74, 6) is -1.37. The summed E-state index contributed by atoms with van der Waals surface area (Å²) in [6.07, 6.45) is 6.38. The lowest BCUT2D eigenvalue weighted by Crippen LogP contribution is -2.40. The van der Waals surface area contributed by atoms with Gasteiger partial charge in [-0.15, -0.1) is 0 Å². The highest BCUT2D eigenvalue weighted by molar-refractivity contribution is 7.90. The van der Waals surface area contributed by atoms with Gasteiger partial charge in [0.25, 0.3) is 47.8 Å². The number of carbonyl (C=O) groups is 6. The van der Waals surface area contributed by atoms with Crippen molar-refractivity contribution >= 4 is 83.0 Å². The van der Waals surface area contributed by atoms with Gasteiger partial charge in [0.05, 0.1) is 34.3 Å². The summed E-state index contributed by atoms with van der Waals surface area (Å²) >= 11 is 0. The van der Waals surface area contributed by atoms with Crippen LogP contribution in [-0.2, 0) is 84.9 Å². The van der Waals surface area contributed by atoms with Crippen LogP contribution >= 0.6 is 0 Å². The third-order valence-corrected chi connectivity index (χ3v) is 22.5. The van der Waals surface area contributed by atoms with Gasteiger partial charge < -0.3 is 0 Å². The van der Waals surface area contributed by atoms with Gasteiger partial charge in [0.2, 0.25) is 11.8 Å². The number of sulfonamides is 3. The Morgan fingerprint density at radius 2 is 0.759 bits per heavy atom. The molecule has 0 radical (unpaired) electrons. The maximum Gasteiger partial charge on any atom is 0.472 e. The molecule has 6 amide bonds. The number of aliphatic imine (C=N–C) groups is 3. The smallest absolute Gasteiger partial charge is 0.294 e. The topological polar surface area (TPSA) is 288 Å². The van der Waals surface area contributed by atoms with Crippen molar-refractivity contribution in [3.63, 3.8) is 0 Å². The minimum atomic E-state index is -5.34. The number of alkyl halides is 3. The quantitative estimate of drug-likeness (QED) is 0.0343. The van der Waals surface area contributed by atoms with Crippen molar-refractivity contribution in [2.45, 2.75) is 250 Å². The molecule has 3 aliphatic rings. The van der Waals surface area contributed by atoms with Crippen LogP contribution in [0.15, 0.2) is 163 Å². The number of aryl methyl sites for hydroxylation is 2. The third-order valence-electron chi connectivity index (χ3n) is 18.3. The van der Waals surface area contributed by atoms with E-state index in [1.165, 1.54) is 24.3 Å². The number of hydrogen-bond acceptors (Lipinski definition) is 15. The lowest BCUT2D eigenvalue weighted by molar-refractivity contribution is -0.171. The van der Waals surface area contributed by atoms with Crippen LogP contribution in [0.25, 0.3) is 33.4 Å². The van der Waals surface area contributed by atoms with Gasteiger partial charge in [-0.3, -0.25) is 58.4 Å². The molecule has 6 aromatic carbocycles. The molecule has 0 aliphatic carbocycles. The van der Waals surface area contributed by atoms with Crippen LogP contribution in [0.2, 0.25) is 0 Å². The van der Waals surface area contributed by atoms with Crippen molar-refractivity contribution in [3.05, 3.63) is 161 Å². The van der Waals surface area contributed by atoms with Crippen molar-refractivity contribution in [3.8, 4) is 33.4 Å². The van der Waals surface area contributed by atoms with Crippen molar-refractivity contribution in [2.75, 3.05) is 0 Å². The van der Waals surface area contributed by atoms with E-state index >= 15 is 0 Å². The molecule has 0 saturated carbocycles. The summed E-state index contributed by atoms with van der Waals surface area (Å²) < 4.78 is 121. The van der Waals surface area contributed by atoms with Crippen molar-refractivity contribution in [1.29, 1.82) is 0 Å². The van der Waals surface area contributed by atoms with Gasteiger partial charge in [-0.25, -0.2) is 39.4 Å². The Morgan fingerprint density at radius 3 is 1.15 bits per heavy atom. The fraction of sp³-hybridized carbons (Fsp3) is 0.444. The molecule has 0 saturated heterocycles. The normalized spacial score (nSPS) is 15.4. The zero-order chi connectivity index (χ0) is 79.7. The fourth-order valence-corrected chi connectivity index (χ4v) is 16.4. The minimum Gasteiger partial charge on any atom is -0.294 e. The van der Waals surface area contributed by atoms with E-state index in [0.717, 1.165) is 132 Å². The van der Waals surface area contributed by atoms with Crippen LogP contribution < -0.4 is 14.2 Å². The highest BCUT2D eigenvalue weighted by Gasteiger charge is 2.44. The lowest BCUT2D eigenvalue weighted by atomic mass is 9.99. The molecule has 21 nitrogen and oxygen atoms in total. The average Bonchev–Trinajstić information content (AvgIpc) is 1.03. The zero-order valence-electron chi connectivity index (χ0n) is 64.1. The molecule has 0 unspecified atom stereocenters. The Bertz CT molecular complexity index is 4730. The number of halogens is 3. The Hall–Kier alpha value is -9.21. The number of hydrogen-bond donors (Lipinski definition) is 3. The molecule has 9 rings (SSSR count). The van der Waals surface area contributed by atoms with Gasteiger partial charge in [-0.2, -0.15) is 13.2 Å². The Balaban J connectivity index is 0.000000226. The molecule has 27 heteroatoms. The van der Waals surface area contributed by atoms with E-state index in [1.807, 2.05) is 117 Å². The lowest BCUT2D eigenvalue weighted by Gasteiger charge is -2.22. The first kappa shape index (κ1) is 86.0. The van der Waals surface area contributed by atoms with Gasteiger partial charge in [0.1, 0.15) is 34.1 Å². The Kier molecular flexibility index (Phi) is 29.3. The van der Waals surface area contributed by atoms with E-state index in [-0.39, 0.29) is 52.5 Å². The Labute approximate surface area is 634 Å². The minimum absolute atomic E-state index is 0.0134. The SMILES string of the molecule is CCCC1=NC(C)(C)C(=O)N1Cc1ccc(-c2ccccc2S(=O)(=O)NC(=O)C(F)(F)F)cc1.CCCCCC(=O)NS(=O)(=O)c1cc(CCC)ccc1-c1ccc(CN2C(=O)C(C)(C)N=C2CCC)cc1.CCCCCC(=O)NS(=O)(=O)c1ccccc1-c1ccc(CN2C(=O)C(C)(C)N=C2CCC)c(C)c1. The second-order valence-electron chi connectivity index (χ2n) is 28.7. The Morgan fingerprint density at radius 1 is 0.407 bits per heavy atom. The molecule has 0 bridgehead atoms. The first-order chi connectivity index (χ1) is 50.8. The highest BCUT2D eigenvalue weighted by atomic mass is 32.2. The molecule has 0 aromatic heterocycles. The summed E-state index contributed by atoms with van der Waals surface area (Å²) in [4.78, 5) is 93.1. The second kappa shape index (κ2) is 36.8. The molecule has 3 heterocycles. The van der Waals surface area contributed by atoms with E-state index in [9.17, 15) is 67.2 Å². The van der Waals surface area contributed by atoms with Crippen LogP contribution in [0.4, 0.5) is 13.2 Å². The number of carbonyl (C=O) groups excluding carboxylic acids is 6. The number of nitrogens with one attached hydrogen (secondary N) is 3. The predicted octanol–water partition coefficient (Wildman–Crippen LogP) is 15.4. The number of amidine groups is 3. The van der Waals surface area contributed by atoms with E-state index in [2.05, 4.69) is 38.3 Å². The van der Waals surface area contributed by atoms with E-state index in [1.54, 1.807) is 77.1 Å². The maximum absolute atomic E-state index is 13.3.